The van der Waals surface area contributed by atoms with Gasteiger partial charge in [0, 0.05) is 41.3 Å². The van der Waals surface area contributed by atoms with E-state index in [9.17, 15) is 28.9 Å². The Morgan fingerprint density at radius 3 is 2.42 bits per heavy atom. The quantitative estimate of drug-likeness (QED) is 0.0804. The molecular weight excluding hydrogens is 796 g/mol. The van der Waals surface area contributed by atoms with Crippen molar-refractivity contribution in [1.82, 2.24) is 25.5 Å². The van der Waals surface area contributed by atoms with Crippen LogP contribution in [0.15, 0.2) is 42.3 Å². The standard InChI is InChI=1S/C42H59N6O9PS/c1-10-25-20-42(25,58(53,54)23-41(7,8)52)47-36(49)33-18-28(21-48(33)37(50)35(40(4,5)6)46-39(51)57-26-13-11-12-14-26)56-34-19-31(32-22-59-38(45-32)43-24(2)3)44-30-17-27(55-9)15-16-29(30)34/h10,15-17,19,22,24-26,28,33,35,52H,1,11-14,18,20-21,23H2,2-9H3,(H,43,45)(H,46,51)(H,47,49)(H,53,54)/t25-,28-,33+,35-,42+/m1/s1. The number of hydrogen-bond acceptors (Lipinski definition) is 12. The molecule has 2 saturated carbocycles. The number of aliphatic hydroxyl groups is 1. The Labute approximate surface area is 350 Å². The molecule has 1 saturated heterocycles. The highest BCUT2D eigenvalue weighted by atomic mass is 32.1. The summed E-state index contributed by atoms with van der Waals surface area (Å²) in [4.78, 5) is 65.1. The molecule has 59 heavy (non-hydrogen) atoms. The Morgan fingerprint density at radius 2 is 1.81 bits per heavy atom. The van der Waals surface area contributed by atoms with Crippen molar-refractivity contribution < 1.29 is 43.2 Å². The predicted molar refractivity (Wildman–Crippen MR) is 228 cm³/mol. The lowest BCUT2D eigenvalue weighted by Crippen LogP contribution is -2.58. The summed E-state index contributed by atoms with van der Waals surface area (Å²) in [6, 6.07) is 5.12. The molecule has 2 aromatic heterocycles. The van der Waals surface area contributed by atoms with Gasteiger partial charge in [0.05, 0.1) is 36.6 Å². The van der Waals surface area contributed by atoms with Crippen molar-refractivity contribution in [2.24, 2.45) is 11.3 Å². The largest absolute Gasteiger partial charge is 0.497 e. The first kappa shape index (κ1) is 44.3. The van der Waals surface area contributed by atoms with Crippen LogP contribution < -0.4 is 25.4 Å². The number of hydrogen-bond donors (Lipinski definition) is 5. The minimum atomic E-state index is -4.23. The number of carbonyl (C=O) groups is 3. The Hall–Kier alpha value is -4.24. The highest BCUT2D eigenvalue weighted by Crippen LogP contribution is 2.70. The van der Waals surface area contributed by atoms with Crippen LogP contribution in [0, 0.1) is 11.3 Å². The first-order chi connectivity index (χ1) is 27.6. The summed E-state index contributed by atoms with van der Waals surface area (Å²) in [5.41, 5.74) is -0.550. The van der Waals surface area contributed by atoms with E-state index in [0.717, 1.165) is 30.8 Å². The number of benzene rings is 1. The van der Waals surface area contributed by atoms with Crippen LogP contribution in [0.1, 0.15) is 87.0 Å². The van der Waals surface area contributed by atoms with Gasteiger partial charge in [0.1, 0.15) is 46.8 Å². The summed E-state index contributed by atoms with van der Waals surface area (Å²) in [6.45, 7) is 16.2. The van der Waals surface area contributed by atoms with Gasteiger partial charge in [0.2, 0.25) is 19.2 Å². The van der Waals surface area contributed by atoms with E-state index >= 15 is 0 Å². The van der Waals surface area contributed by atoms with E-state index in [4.69, 9.17) is 24.2 Å². The van der Waals surface area contributed by atoms with Crippen molar-refractivity contribution in [3.63, 3.8) is 0 Å². The van der Waals surface area contributed by atoms with Gasteiger partial charge in [0.15, 0.2) is 5.13 Å². The zero-order valence-electron chi connectivity index (χ0n) is 35.2. The van der Waals surface area contributed by atoms with Crippen molar-refractivity contribution in [2.75, 3.05) is 25.1 Å². The van der Waals surface area contributed by atoms with Crippen LogP contribution in [-0.2, 0) is 18.9 Å². The number of thiazole rings is 1. The zero-order chi connectivity index (χ0) is 43.1. The monoisotopic (exact) mass is 854 g/mol. The van der Waals surface area contributed by atoms with Gasteiger partial charge in [-0.15, -0.1) is 17.9 Å². The Kier molecular flexibility index (Phi) is 12.8. The van der Waals surface area contributed by atoms with Crippen LogP contribution in [0.5, 0.6) is 11.5 Å². The van der Waals surface area contributed by atoms with Crippen LogP contribution >= 0.6 is 18.7 Å². The summed E-state index contributed by atoms with van der Waals surface area (Å²) in [5.74, 6) is -0.681. The molecule has 3 aliphatic rings. The topological polar surface area (TPSA) is 202 Å². The molecule has 6 rings (SSSR count). The second-order valence-electron chi connectivity index (χ2n) is 18.1. The fourth-order valence-corrected chi connectivity index (χ4v) is 11.6. The number of ether oxygens (including phenoxy) is 3. The molecule has 5 N–H and O–H groups in total. The summed E-state index contributed by atoms with van der Waals surface area (Å²) in [7, 11) is -2.66. The van der Waals surface area contributed by atoms with Crippen LogP contribution in [0.3, 0.4) is 0 Å². The summed E-state index contributed by atoms with van der Waals surface area (Å²) in [6.07, 6.45) is 2.96. The number of aromatic nitrogens is 2. The van der Waals surface area contributed by atoms with Crippen LogP contribution in [0.2, 0.25) is 0 Å². The van der Waals surface area contributed by atoms with Crippen molar-refractivity contribution in [3.8, 4) is 22.9 Å². The molecule has 3 amide bonds. The van der Waals surface area contributed by atoms with E-state index < -0.39 is 71.8 Å². The van der Waals surface area contributed by atoms with Gasteiger partial charge in [-0.1, -0.05) is 26.8 Å². The molecule has 2 aliphatic carbocycles. The molecule has 0 spiro atoms. The molecule has 322 valence electrons. The molecule has 6 atom stereocenters. The molecule has 1 aliphatic heterocycles. The lowest BCUT2D eigenvalue weighted by molar-refractivity contribution is -0.142. The normalized spacial score (nSPS) is 23.7. The molecule has 3 heterocycles. The van der Waals surface area contributed by atoms with Gasteiger partial charge in [-0.2, -0.15) is 0 Å². The summed E-state index contributed by atoms with van der Waals surface area (Å²) < 4.78 is 31.9. The highest BCUT2D eigenvalue weighted by Gasteiger charge is 2.66. The molecule has 3 aromatic rings. The summed E-state index contributed by atoms with van der Waals surface area (Å²) >= 11 is 1.45. The SMILES string of the molecule is C=C[C@@H]1C[C@]1(NC(=O)[C@@H]1C[C@@H](Oc2cc(-c3csc(NC(C)C)n3)nc3cc(OC)ccc23)CN1C(=O)[C@@H](NC(=O)OC1CCCC1)C(C)(C)C)P(=O)(O)CC(C)(C)O. The molecule has 3 fully saturated rings. The number of nitrogens with one attached hydrogen (secondary N) is 3. The van der Waals surface area contributed by atoms with Crippen molar-refractivity contribution in [1.29, 1.82) is 0 Å². The Bertz CT molecular complexity index is 2110. The number of carbonyl (C=O) groups excluding carboxylic acids is 3. The van der Waals surface area contributed by atoms with E-state index in [1.807, 2.05) is 46.1 Å². The maximum absolute atomic E-state index is 14.8. The number of methoxy groups -OCH3 is 1. The number of rotatable bonds is 15. The molecule has 1 aromatic carbocycles. The number of pyridine rings is 1. The molecule has 15 nitrogen and oxygen atoms in total. The van der Waals surface area contributed by atoms with Gasteiger partial charge in [0.25, 0.3) is 0 Å². The Morgan fingerprint density at radius 1 is 1.10 bits per heavy atom. The van der Waals surface area contributed by atoms with Gasteiger partial charge in [-0.3, -0.25) is 14.2 Å². The molecule has 1 unspecified atom stereocenters. The number of nitrogens with zero attached hydrogens (tertiary/aromatic N) is 3. The van der Waals surface area contributed by atoms with Gasteiger partial charge >= 0.3 is 6.09 Å². The van der Waals surface area contributed by atoms with Crippen LogP contribution in [0.4, 0.5) is 9.93 Å². The highest BCUT2D eigenvalue weighted by molar-refractivity contribution is 7.60. The molecule has 17 heteroatoms. The molecule has 0 bridgehead atoms. The lowest BCUT2D eigenvalue weighted by Gasteiger charge is -2.36. The average Bonchev–Trinajstić information content (AvgIpc) is 3.54. The molecular formula is C42H59N6O9PS. The number of anilines is 1. The number of amides is 3. The maximum atomic E-state index is 14.8. The minimum Gasteiger partial charge on any atom is -0.497 e. The van der Waals surface area contributed by atoms with E-state index in [2.05, 4.69) is 22.5 Å². The van der Waals surface area contributed by atoms with Gasteiger partial charge in [-0.25, -0.2) is 14.8 Å². The number of alkyl carbamates (subject to hydrolysis) is 1. The van der Waals surface area contributed by atoms with Crippen molar-refractivity contribution in [2.45, 2.75) is 128 Å². The van der Waals surface area contributed by atoms with E-state index in [1.54, 1.807) is 25.3 Å². The second kappa shape index (κ2) is 17.0. The first-order valence-corrected chi connectivity index (χ1v) is 23.0. The van der Waals surface area contributed by atoms with E-state index in [1.165, 1.54) is 36.2 Å². The maximum Gasteiger partial charge on any atom is 0.408 e. The Balaban J connectivity index is 1.35. The third-order valence-corrected chi connectivity index (χ3v) is 14.9. The van der Waals surface area contributed by atoms with Crippen LogP contribution in [-0.4, -0.2) is 104 Å². The third kappa shape index (κ3) is 10.0. The van der Waals surface area contributed by atoms with Crippen LogP contribution in [0.25, 0.3) is 22.3 Å². The van der Waals surface area contributed by atoms with E-state index in [-0.39, 0.29) is 31.5 Å². The smallest absolute Gasteiger partial charge is 0.408 e. The third-order valence-electron chi connectivity index (χ3n) is 11.1. The van der Waals surface area contributed by atoms with E-state index in [0.29, 0.717) is 33.8 Å². The van der Waals surface area contributed by atoms with Crippen molar-refractivity contribution in [3.05, 3.63) is 42.3 Å². The van der Waals surface area contributed by atoms with Crippen molar-refractivity contribution >= 4 is 52.6 Å². The fraction of sp³-hybridized carbons (Fsp3) is 0.595. The number of fused-ring (bicyclic) bond motifs is 1. The predicted octanol–water partition coefficient (Wildman–Crippen LogP) is 6.68. The molecule has 0 radical (unpaired) electrons. The first-order valence-electron chi connectivity index (χ1n) is 20.3. The number of likely N-dealkylation sites (tertiary alicyclic amines) is 1. The van der Waals surface area contributed by atoms with Gasteiger partial charge < -0.3 is 45.1 Å². The summed E-state index contributed by atoms with van der Waals surface area (Å²) in [5, 5.41) is 21.3. The fourth-order valence-electron chi connectivity index (χ4n) is 8.06. The second-order valence-corrected chi connectivity index (χ2v) is 21.5. The average molecular weight is 855 g/mol. The minimum absolute atomic E-state index is 0.0193. The lowest BCUT2D eigenvalue weighted by atomic mass is 9.85. The van der Waals surface area contributed by atoms with Gasteiger partial charge in [-0.05, 0) is 77.3 Å². The zero-order valence-corrected chi connectivity index (χ0v) is 37.0.